The van der Waals surface area contributed by atoms with Crippen molar-refractivity contribution in [2.45, 2.75) is 58.3 Å². The van der Waals surface area contributed by atoms with Gasteiger partial charge in [-0.25, -0.2) is 0 Å². The van der Waals surface area contributed by atoms with Gasteiger partial charge < -0.3 is 19.5 Å². The van der Waals surface area contributed by atoms with Crippen molar-refractivity contribution in [1.82, 2.24) is 25.0 Å². The summed E-state index contributed by atoms with van der Waals surface area (Å²) in [5.74, 6) is 5.28. The molecule has 4 aliphatic heterocycles. The number of fused-ring (bicyclic) bond motifs is 6. The molecule has 3 fully saturated rings. The molecule has 0 aromatic carbocycles. The van der Waals surface area contributed by atoms with E-state index in [0.29, 0.717) is 18.1 Å². The highest BCUT2D eigenvalue weighted by atomic mass is 16.5. The van der Waals surface area contributed by atoms with Crippen molar-refractivity contribution in [3.63, 3.8) is 0 Å². The molecular weight excluding hydrogens is 328 g/mol. The van der Waals surface area contributed by atoms with Gasteiger partial charge in [-0.15, -0.1) is 10.2 Å². The number of nitrogens with one attached hydrogen (secondary N) is 1. The minimum absolute atomic E-state index is 0.506. The topological polar surface area (TPSA) is 67.6 Å². The second kappa shape index (κ2) is 6.51. The average Bonchev–Trinajstić information content (AvgIpc) is 3.40. The zero-order valence-corrected chi connectivity index (χ0v) is 15.9. The van der Waals surface area contributed by atoms with Crippen LogP contribution in [0.25, 0.3) is 0 Å². The molecule has 7 heteroatoms. The van der Waals surface area contributed by atoms with Gasteiger partial charge >= 0.3 is 0 Å². The Labute approximate surface area is 155 Å². The highest BCUT2D eigenvalue weighted by Gasteiger charge is 2.53. The normalized spacial score (nSPS) is 35.7. The Morgan fingerprint density at radius 2 is 1.92 bits per heavy atom. The predicted octanol–water partition coefficient (Wildman–Crippen LogP) is 1.22. The Hall–Kier alpha value is -1.63. The molecule has 7 nitrogen and oxygen atoms in total. The van der Waals surface area contributed by atoms with E-state index >= 15 is 0 Å². The third-order valence-corrected chi connectivity index (χ3v) is 6.82. The van der Waals surface area contributed by atoms with E-state index in [4.69, 9.17) is 9.73 Å². The summed E-state index contributed by atoms with van der Waals surface area (Å²) in [7, 11) is 0. The first-order chi connectivity index (χ1) is 12.7. The lowest BCUT2D eigenvalue weighted by molar-refractivity contribution is 0.0767. The van der Waals surface area contributed by atoms with Crippen molar-refractivity contribution in [2.24, 2.45) is 22.7 Å². The Bertz CT molecular complexity index is 682. The van der Waals surface area contributed by atoms with Crippen LogP contribution in [0.3, 0.4) is 0 Å². The molecule has 5 rings (SSSR count). The van der Waals surface area contributed by atoms with Crippen LogP contribution in [0.4, 0.5) is 0 Å². The van der Waals surface area contributed by atoms with E-state index in [1.807, 2.05) is 6.92 Å². The van der Waals surface area contributed by atoms with Gasteiger partial charge in [0, 0.05) is 51.0 Å². The Morgan fingerprint density at radius 3 is 2.65 bits per heavy atom. The number of aryl methyl sites for hydroxylation is 2. The smallest absolute Gasteiger partial charge is 0.193 e. The van der Waals surface area contributed by atoms with Crippen molar-refractivity contribution in [2.75, 3.05) is 26.2 Å². The molecule has 5 heterocycles. The second-order valence-corrected chi connectivity index (χ2v) is 8.40. The fourth-order valence-corrected chi connectivity index (χ4v) is 5.45. The van der Waals surface area contributed by atoms with Crippen molar-refractivity contribution in [1.29, 1.82) is 0 Å². The lowest BCUT2D eigenvalue weighted by atomic mass is 9.82. The van der Waals surface area contributed by atoms with Crippen molar-refractivity contribution in [3.8, 4) is 0 Å². The molecule has 0 amide bonds. The molecular formula is C19H30N6O. The van der Waals surface area contributed by atoms with E-state index in [1.165, 1.54) is 12.8 Å². The summed E-state index contributed by atoms with van der Waals surface area (Å²) in [6.07, 6.45) is 5.71. The minimum atomic E-state index is 0.506. The van der Waals surface area contributed by atoms with Gasteiger partial charge in [0.1, 0.15) is 11.6 Å². The minimum Gasteiger partial charge on any atom is -0.374 e. The SMILES string of the molecule is CCNC(=NCC1CCc2nnc(C)n2C1)N1CC2C3CCC(O3)C2C1. The van der Waals surface area contributed by atoms with E-state index in [0.717, 1.165) is 75.0 Å². The summed E-state index contributed by atoms with van der Waals surface area (Å²) in [5.41, 5.74) is 0. The molecule has 1 aromatic rings. The number of hydrogen-bond acceptors (Lipinski definition) is 4. The molecule has 1 N–H and O–H groups in total. The fraction of sp³-hybridized carbons (Fsp3) is 0.842. The molecule has 0 aliphatic carbocycles. The van der Waals surface area contributed by atoms with Gasteiger partial charge in [0.2, 0.25) is 0 Å². The molecule has 3 saturated heterocycles. The molecule has 4 aliphatic rings. The summed E-state index contributed by atoms with van der Waals surface area (Å²) in [4.78, 5) is 7.53. The molecule has 0 spiro atoms. The van der Waals surface area contributed by atoms with Gasteiger partial charge in [0.05, 0.1) is 12.2 Å². The second-order valence-electron chi connectivity index (χ2n) is 8.40. The summed E-state index contributed by atoms with van der Waals surface area (Å²) in [6, 6.07) is 0. The zero-order valence-electron chi connectivity index (χ0n) is 15.9. The van der Waals surface area contributed by atoms with Crippen LogP contribution in [0.5, 0.6) is 0 Å². The predicted molar refractivity (Wildman–Crippen MR) is 99.0 cm³/mol. The van der Waals surface area contributed by atoms with Crippen LogP contribution in [0.2, 0.25) is 0 Å². The molecule has 2 bridgehead atoms. The van der Waals surface area contributed by atoms with Crippen LogP contribution < -0.4 is 5.32 Å². The lowest BCUT2D eigenvalue weighted by Gasteiger charge is -2.26. The fourth-order valence-electron chi connectivity index (χ4n) is 5.45. The van der Waals surface area contributed by atoms with Gasteiger partial charge in [-0.3, -0.25) is 4.99 Å². The maximum atomic E-state index is 6.12. The van der Waals surface area contributed by atoms with Gasteiger partial charge in [-0.2, -0.15) is 0 Å². The number of likely N-dealkylation sites (tertiary alicyclic amines) is 1. The number of ether oxygens (including phenoxy) is 1. The molecule has 0 saturated carbocycles. The van der Waals surface area contributed by atoms with Crippen LogP contribution in [-0.4, -0.2) is 64.0 Å². The quantitative estimate of drug-likeness (QED) is 0.650. The number of aliphatic imine (C=N–C) groups is 1. The summed E-state index contributed by atoms with van der Waals surface area (Å²) < 4.78 is 8.39. The van der Waals surface area contributed by atoms with Crippen molar-refractivity contribution >= 4 is 5.96 Å². The van der Waals surface area contributed by atoms with Crippen molar-refractivity contribution < 1.29 is 4.74 Å². The molecule has 5 unspecified atom stereocenters. The van der Waals surface area contributed by atoms with Crippen molar-refractivity contribution in [3.05, 3.63) is 11.6 Å². The molecule has 142 valence electrons. The van der Waals surface area contributed by atoms with Gasteiger partial charge in [0.25, 0.3) is 0 Å². The summed E-state index contributed by atoms with van der Waals surface area (Å²) in [6.45, 7) is 9.23. The molecule has 5 atom stereocenters. The van der Waals surface area contributed by atoms with Crippen LogP contribution in [0, 0.1) is 24.7 Å². The monoisotopic (exact) mass is 358 g/mol. The van der Waals surface area contributed by atoms with Crippen LogP contribution in [0.1, 0.15) is 37.8 Å². The van der Waals surface area contributed by atoms with Crippen LogP contribution in [-0.2, 0) is 17.7 Å². The van der Waals surface area contributed by atoms with Gasteiger partial charge in [-0.05, 0) is 39.0 Å². The van der Waals surface area contributed by atoms with E-state index in [-0.39, 0.29) is 0 Å². The highest BCUT2D eigenvalue weighted by Crippen LogP contribution is 2.47. The number of hydrogen-bond donors (Lipinski definition) is 1. The Morgan fingerprint density at radius 1 is 1.15 bits per heavy atom. The number of rotatable bonds is 3. The number of aromatic nitrogens is 3. The van der Waals surface area contributed by atoms with Crippen LogP contribution >= 0.6 is 0 Å². The van der Waals surface area contributed by atoms with E-state index < -0.39 is 0 Å². The number of nitrogens with zero attached hydrogens (tertiary/aromatic N) is 5. The summed E-state index contributed by atoms with van der Waals surface area (Å²) >= 11 is 0. The maximum absolute atomic E-state index is 6.12. The van der Waals surface area contributed by atoms with Gasteiger partial charge in [0.15, 0.2) is 5.96 Å². The van der Waals surface area contributed by atoms with E-state index in [9.17, 15) is 0 Å². The molecule has 26 heavy (non-hydrogen) atoms. The first-order valence-electron chi connectivity index (χ1n) is 10.3. The zero-order chi connectivity index (χ0) is 17.7. The summed E-state index contributed by atoms with van der Waals surface area (Å²) in [5, 5.41) is 12.0. The van der Waals surface area contributed by atoms with E-state index in [2.05, 4.69) is 31.9 Å². The third kappa shape index (κ3) is 2.71. The average molecular weight is 358 g/mol. The first-order valence-corrected chi connectivity index (χ1v) is 10.3. The lowest BCUT2D eigenvalue weighted by Crippen LogP contribution is -2.41. The van der Waals surface area contributed by atoms with E-state index in [1.54, 1.807) is 0 Å². The molecule has 1 aromatic heterocycles. The Balaban J connectivity index is 1.25. The van der Waals surface area contributed by atoms with Gasteiger partial charge in [-0.1, -0.05) is 0 Å². The highest BCUT2D eigenvalue weighted by molar-refractivity contribution is 5.80. The Kier molecular flexibility index (Phi) is 4.14. The third-order valence-electron chi connectivity index (χ3n) is 6.82. The number of guanidine groups is 1. The van der Waals surface area contributed by atoms with Crippen LogP contribution in [0.15, 0.2) is 4.99 Å². The first kappa shape index (κ1) is 16.5. The maximum Gasteiger partial charge on any atom is 0.193 e. The standard InChI is InChI=1S/C19H30N6O/c1-3-20-19(24-10-14-15(11-24)17-6-5-16(14)26-17)21-8-13-4-7-18-23-22-12(2)25(18)9-13/h13-17H,3-11H2,1-2H3,(H,20,21). The molecule has 0 radical (unpaired) electrons. The largest absolute Gasteiger partial charge is 0.374 e.